The first kappa shape index (κ1) is 29.5. The maximum Gasteiger partial charge on any atom is 0.0314 e. The molecule has 0 aliphatic rings. The molecule has 0 saturated carbocycles. The van der Waals surface area contributed by atoms with E-state index in [2.05, 4.69) is 93.6 Å². The summed E-state index contributed by atoms with van der Waals surface area (Å²) >= 11 is 0. The van der Waals surface area contributed by atoms with Gasteiger partial charge in [0.15, 0.2) is 0 Å². The summed E-state index contributed by atoms with van der Waals surface area (Å²) in [6, 6.07) is 35.8. The van der Waals surface area contributed by atoms with Crippen molar-refractivity contribution in [1.82, 2.24) is 0 Å². The normalized spacial score (nSPS) is 13.6. The van der Waals surface area contributed by atoms with E-state index in [1.54, 1.807) is 0 Å². The lowest BCUT2D eigenvalue weighted by atomic mass is 9.83. The average molecular weight is 533 g/mol. The fourth-order valence-electron chi connectivity index (χ4n) is 6.09. The number of nitrogens with two attached hydrogens (primary N) is 2. The SMILES string of the molecule is CCCCC(Cc1ccc(C(CCC)c2ccc(N)cc2)cc1)c1ccc(C(CCC)c2ccc(N)cc2)cc1. The second-order valence-electron chi connectivity index (χ2n) is 11.5. The summed E-state index contributed by atoms with van der Waals surface area (Å²) in [5, 5.41) is 0. The van der Waals surface area contributed by atoms with Crippen LogP contribution in [0.4, 0.5) is 11.4 Å². The molecule has 3 unspecified atom stereocenters. The van der Waals surface area contributed by atoms with E-state index in [0.29, 0.717) is 17.8 Å². The first-order chi connectivity index (χ1) is 19.5. The number of hydrogen-bond acceptors (Lipinski definition) is 2. The topological polar surface area (TPSA) is 52.0 Å². The van der Waals surface area contributed by atoms with Crippen LogP contribution in [0.1, 0.15) is 117 Å². The smallest absolute Gasteiger partial charge is 0.0314 e. The Morgan fingerprint density at radius 3 is 1.23 bits per heavy atom. The largest absolute Gasteiger partial charge is 0.399 e. The molecule has 0 amide bonds. The molecular weight excluding hydrogens is 484 g/mol. The van der Waals surface area contributed by atoms with Crippen molar-refractivity contribution in [3.8, 4) is 0 Å². The number of hydrogen-bond donors (Lipinski definition) is 2. The highest BCUT2D eigenvalue weighted by Gasteiger charge is 2.18. The molecule has 0 bridgehead atoms. The van der Waals surface area contributed by atoms with Gasteiger partial charge in [0.2, 0.25) is 0 Å². The van der Waals surface area contributed by atoms with Crippen molar-refractivity contribution in [3.05, 3.63) is 130 Å². The van der Waals surface area contributed by atoms with E-state index >= 15 is 0 Å². The van der Waals surface area contributed by atoms with Gasteiger partial charge in [0, 0.05) is 23.2 Å². The summed E-state index contributed by atoms with van der Waals surface area (Å²) in [7, 11) is 0. The molecule has 4 aromatic carbocycles. The van der Waals surface area contributed by atoms with E-state index in [1.807, 2.05) is 24.3 Å². The molecular formula is C38H48N2. The molecule has 0 fully saturated rings. The van der Waals surface area contributed by atoms with Gasteiger partial charge in [-0.05, 0) is 89.2 Å². The Labute approximate surface area is 242 Å². The van der Waals surface area contributed by atoms with Crippen molar-refractivity contribution in [2.45, 2.75) is 89.9 Å². The number of anilines is 2. The second kappa shape index (κ2) is 14.7. The Bertz CT molecular complexity index is 1270. The fraction of sp³-hybridized carbons (Fsp3) is 0.368. The molecule has 0 aliphatic heterocycles. The summed E-state index contributed by atoms with van der Waals surface area (Å²) in [4.78, 5) is 0. The highest BCUT2D eigenvalue weighted by molar-refractivity contribution is 5.44. The highest BCUT2D eigenvalue weighted by Crippen LogP contribution is 2.34. The Kier molecular flexibility index (Phi) is 10.9. The molecule has 0 spiro atoms. The molecule has 4 N–H and O–H groups in total. The minimum Gasteiger partial charge on any atom is -0.399 e. The van der Waals surface area contributed by atoms with Crippen LogP contribution in [-0.2, 0) is 6.42 Å². The molecule has 2 nitrogen and oxygen atoms in total. The maximum absolute atomic E-state index is 5.96. The Balaban J connectivity index is 1.52. The zero-order valence-electron chi connectivity index (χ0n) is 24.8. The standard InChI is InChI=1S/C38H48N2/c1-4-7-10-34(29-15-17-31(18-16-29)38(9-6-3)33-21-25-36(40)26-22-33)27-28-11-13-30(14-12-28)37(8-5-2)32-19-23-35(39)24-20-32/h11-26,34,37-38H,4-10,27,39-40H2,1-3H3. The quantitative estimate of drug-likeness (QED) is 0.159. The lowest BCUT2D eigenvalue weighted by molar-refractivity contribution is 0.580. The number of rotatable bonds is 14. The highest BCUT2D eigenvalue weighted by atomic mass is 14.5. The van der Waals surface area contributed by atoms with E-state index in [0.717, 1.165) is 43.5 Å². The first-order valence-corrected chi connectivity index (χ1v) is 15.4. The number of nitrogen functional groups attached to an aromatic ring is 2. The van der Waals surface area contributed by atoms with Gasteiger partial charge in [0.1, 0.15) is 0 Å². The van der Waals surface area contributed by atoms with E-state index in [4.69, 9.17) is 11.5 Å². The Hall–Kier alpha value is -3.52. The van der Waals surface area contributed by atoms with Gasteiger partial charge >= 0.3 is 0 Å². The van der Waals surface area contributed by atoms with Crippen molar-refractivity contribution in [1.29, 1.82) is 0 Å². The van der Waals surface area contributed by atoms with Crippen molar-refractivity contribution in [2.75, 3.05) is 11.5 Å². The van der Waals surface area contributed by atoms with E-state index < -0.39 is 0 Å². The molecule has 0 aliphatic carbocycles. The molecule has 0 heterocycles. The van der Waals surface area contributed by atoms with Crippen LogP contribution in [-0.4, -0.2) is 0 Å². The fourth-order valence-corrected chi connectivity index (χ4v) is 6.09. The van der Waals surface area contributed by atoms with Gasteiger partial charge < -0.3 is 11.5 Å². The molecule has 40 heavy (non-hydrogen) atoms. The molecule has 0 aromatic heterocycles. The molecule has 3 atom stereocenters. The van der Waals surface area contributed by atoms with Crippen LogP contribution >= 0.6 is 0 Å². The molecule has 210 valence electrons. The Morgan fingerprint density at radius 1 is 0.450 bits per heavy atom. The first-order valence-electron chi connectivity index (χ1n) is 15.4. The third kappa shape index (κ3) is 7.78. The van der Waals surface area contributed by atoms with Crippen LogP contribution in [0, 0.1) is 0 Å². The number of benzene rings is 4. The maximum atomic E-state index is 5.96. The molecule has 2 heteroatoms. The van der Waals surface area contributed by atoms with Crippen LogP contribution in [0.15, 0.2) is 97.1 Å². The average Bonchev–Trinajstić information content (AvgIpc) is 2.98. The predicted molar refractivity (Wildman–Crippen MR) is 174 cm³/mol. The van der Waals surface area contributed by atoms with Gasteiger partial charge in [-0.2, -0.15) is 0 Å². The lowest BCUT2D eigenvalue weighted by Crippen LogP contribution is -2.06. The summed E-state index contributed by atoms with van der Waals surface area (Å²) in [5.74, 6) is 1.36. The zero-order chi connectivity index (χ0) is 28.3. The molecule has 4 rings (SSSR count). The van der Waals surface area contributed by atoms with Gasteiger partial charge in [-0.15, -0.1) is 0 Å². The van der Waals surface area contributed by atoms with Crippen LogP contribution in [0.3, 0.4) is 0 Å². The summed E-state index contributed by atoms with van der Waals surface area (Å²) in [6.45, 7) is 6.83. The monoisotopic (exact) mass is 532 g/mol. The van der Waals surface area contributed by atoms with Gasteiger partial charge in [-0.1, -0.05) is 119 Å². The third-order valence-corrected chi connectivity index (χ3v) is 8.41. The Morgan fingerprint density at radius 2 is 0.825 bits per heavy atom. The van der Waals surface area contributed by atoms with E-state index in [9.17, 15) is 0 Å². The van der Waals surface area contributed by atoms with Crippen molar-refractivity contribution in [2.24, 2.45) is 0 Å². The van der Waals surface area contributed by atoms with E-state index in [1.165, 1.54) is 52.6 Å². The van der Waals surface area contributed by atoms with Crippen molar-refractivity contribution in [3.63, 3.8) is 0 Å². The predicted octanol–water partition coefficient (Wildman–Crippen LogP) is 10.2. The van der Waals surface area contributed by atoms with E-state index in [-0.39, 0.29) is 0 Å². The van der Waals surface area contributed by atoms with Crippen LogP contribution < -0.4 is 11.5 Å². The van der Waals surface area contributed by atoms with Crippen LogP contribution in [0.2, 0.25) is 0 Å². The minimum absolute atomic E-state index is 0.415. The van der Waals surface area contributed by atoms with Crippen molar-refractivity contribution < 1.29 is 0 Å². The van der Waals surface area contributed by atoms with Crippen LogP contribution in [0.5, 0.6) is 0 Å². The lowest BCUT2D eigenvalue weighted by Gasteiger charge is -2.22. The van der Waals surface area contributed by atoms with Gasteiger partial charge in [-0.25, -0.2) is 0 Å². The van der Waals surface area contributed by atoms with Crippen molar-refractivity contribution >= 4 is 11.4 Å². The van der Waals surface area contributed by atoms with Gasteiger partial charge in [0.05, 0.1) is 0 Å². The minimum atomic E-state index is 0.415. The summed E-state index contributed by atoms with van der Waals surface area (Å²) in [6.07, 6.45) is 9.38. The summed E-state index contributed by atoms with van der Waals surface area (Å²) < 4.78 is 0. The molecule has 0 radical (unpaired) electrons. The van der Waals surface area contributed by atoms with Crippen LogP contribution in [0.25, 0.3) is 0 Å². The molecule has 0 saturated heterocycles. The zero-order valence-corrected chi connectivity index (χ0v) is 24.8. The number of unbranched alkanes of at least 4 members (excludes halogenated alkanes) is 1. The van der Waals surface area contributed by atoms with Gasteiger partial charge in [-0.3, -0.25) is 0 Å². The summed E-state index contributed by atoms with van der Waals surface area (Å²) in [5.41, 5.74) is 21.9. The van der Waals surface area contributed by atoms with Gasteiger partial charge in [0.25, 0.3) is 0 Å². The second-order valence-corrected chi connectivity index (χ2v) is 11.5. The molecule has 4 aromatic rings. The third-order valence-electron chi connectivity index (χ3n) is 8.41.